The number of halogens is 1. The van der Waals surface area contributed by atoms with Gasteiger partial charge in [-0.05, 0) is 49.9 Å². The molecule has 1 fully saturated rings. The molecule has 0 bridgehead atoms. The van der Waals surface area contributed by atoms with Crippen LogP contribution in [0.25, 0.3) is 0 Å². The molecule has 1 saturated heterocycles. The molecule has 162 valence electrons. The van der Waals surface area contributed by atoms with Gasteiger partial charge in [0.05, 0.1) is 13.2 Å². The molecule has 2 aromatic rings. The van der Waals surface area contributed by atoms with Crippen LogP contribution in [0, 0.1) is 5.92 Å². The number of hydrogen-bond donors (Lipinski definition) is 1. The lowest BCUT2D eigenvalue weighted by atomic mass is 9.96. The van der Waals surface area contributed by atoms with E-state index in [4.69, 9.17) is 21.1 Å². The first kappa shape index (κ1) is 22.2. The van der Waals surface area contributed by atoms with Gasteiger partial charge in [0.25, 0.3) is 0 Å². The van der Waals surface area contributed by atoms with Crippen molar-refractivity contribution in [2.45, 2.75) is 39.5 Å². The normalized spacial score (nSPS) is 14.4. The van der Waals surface area contributed by atoms with Crippen molar-refractivity contribution >= 4 is 29.0 Å². The van der Waals surface area contributed by atoms with E-state index >= 15 is 0 Å². The molecule has 1 N–H and O–H groups in total. The zero-order chi connectivity index (χ0) is 21.3. The minimum absolute atomic E-state index is 0.0282. The van der Waals surface area contributed by atoms with E-state index in [-0.39, 0.29) is 11.8 Å². The maximum Gasteiger partial charge on any atom is 0.227 e. The highest BCUT2D eigenvalue weighted by atomic mass is 35.5. The first-order valence-electron chi connectivity index (χ1n) is 10.6. The summed E-state index contributed by atoms with van der Waals surface area (Å²) in [6.07, 6.45) is 3.34. The Balaban J connectivity index is 1.58. The van der Waals surface area contributed by atoms with Crippen LogP contribution in [-0.2, 0) is 4.79 Å². The monoisotopic (exact) mass is 432 g/mol. The largest absolute Gasteiger partial charge is 0.490 e. The number of rotatable bonds is 9. The fourth-order valence-electron chi connectivity index (χ4n) is 3.33. The molecule has 3 rings (SSSR count). The molecular weight excluding hydrogens is 404 g/mol. The quantitative estimate of drug-likeness (QED) is 0.625. The molecule has 0 atom stereocenters. The Hall–Kier alpha value is -2.54. The van der Waals surface area contributed by atoms with Gasteiger partial charge in [-0.2, -0.15) is 0 Å². The summed E-state index contributed by atoms with van der Waals surface area (Å²) in [7, 11) is 0. The summed E-state index contributed by atoms with van der Waals surface area (Å²) in [5.41, 5.74) is 0.723. The molecule has 1 aromatic heterocycles. The molecule has 8 heteroatoms. The third-order valence-corrected chi connectivity index (χ3v) is 5.14. The molecule has 30 heavy (non-hydrogen) atoms. The fraction of sp³-hybridized carbons (Fsp3) is 0.500. The second-order valence-corrected chi connectivity index (χ2v) is 7.71. The smallest absolute Gasteiger partial charge is 0.227 e. The summed E-state index contributed by atoms with van der Waals surface area (Å²) in [5, 5.41) is 11.4. The van der Waals surface area contributed by atoms with Gasteiger partial charge in [-0.25, -0.2) is 0 Å². The molecule has 2 heterocycles. The highest BCUT2D eigenvalue weighted by Gasteiger charge is 2.26. The van der Waals surface area contributed by atoms with Crippen molar-refractivity contribution in [2.24, 2.45) is 5.92 Å². The van der Waals surface area contributed by atoms with Crippen molar-refractivity contribution in [3.8, 4) is 11.5 Å². The van der Waals surface area contributed by atoms with Crippen LogP contribution in [0.5, 0.6) is 11.5 Å². The van der Waals surface area contributed by atoms with Gasteiger partial charge >= 0.3 is 0 Å². The number of carbonyl (C=O) groups is 1. The van der Waals surface area contributed by atoms with Crippen molar-refractivity contribution in [3.05, 3.63) is 35.5 Å². The lowest BCUT2D eigenvalue weighted by Crippen LogP contribution is -2.38. The summed E-state index contributed by atoms with van der Waals surface area (Å²) in [6, 6.07) is 9.15. The first-order valence-corrected chi connectivity index (χ1v) is 10.9. The molecular formula is C22H29ClN4O3. The highest BCUT2D eigenvalue weighted by molar-refractivity contribution is 6.29. The summed E-state index contributed by atoms with van der Waals surface area (Å²) in [6.45, 7) is 6.86. The van der Waals surface area contributed by atoms with E-state index in [0.29, 0.717) is 29.9 Å². The van der Waals surface area contributed by atoms with Gasteiger partial charge in [-0.3, -0.25) is 4.79 Å². The zero-order valence-electron chi connectivity index (χ0n) is 17.6. The third-order valence-electron chi connectivity index (χ3n) is 4.94. The molecule has 1 aliphatic heterocycles. The second-order valence-electron chi connectivity index (χ2n) is 7.32. The Kier molecular flexibility index (Phi) is 8.13. The van der Waals surface area contributed by atoms with Crippen LogP contribution in [0.1, 0.15) is 39.5 Å². The average molecular weight is 433 g/mol. The molecule has 0 radical (unpaired) electrons. The number of amides is 1. The van der Waals surface area contributed by atoms with E-state index in [1.54, 1.807) is 6.07 Å². The molecule has 0 unspecified atom stereocenters. The van der Waals surface area contributed by atoms with E-state index in [1.807, 2.05) is 24.3 Å². The van der Waals surface area contributed by atoms with Gasteiger partial charge in [0.2, 0.25) is 5.91 Å². The topological polar surface area (TPSA) is 76.6 Å². The van der Waals surface area contributed by atoms with E-state index in [2.05, 4.69) is 34.3 Å². The van der Waals surface area contributed by atoms with Crippen molar-refractivity contribution in [2.75, 3.05) is 36.5 Å². The lowest BCUT2D eigenvalue weighted by molar-refractivity contribution is -0.120. The van der Waals surface area contributed by atoms with Crippen molar-refractivity contribution in [1.82, 2.24) is 10.2 Å². The Labute approximate surface area is 182 Å². The maximum absolute atomic E-state index is 12.8. The van der Waals surface area contributed by atoms with E-state index in [0.717, 1.165) is 50.3 Å². The Bertz CT molecular complexity index is 824. The highest BCUT2D eigenvalue weighted by Crippen LogP contribution is 2.31. The number of carbonyl (C=O) groups excluding carboxylic acids is 1. The van der Waals surface area contributed by atoms with Gasteiger partial charge in [-0.1, -0.05) is 25.4 Å². The molecule has 1 aliphatic rings. The number of benzene rings is 1. The van der Waals surface area contributed by atoms with Crippen LogP contribution in [-0.4, -0.2) is 42.4 Å². The number of hydrogen-bond acceptors (Lipinski definition) is 6. The number of nitrogens with zero attached hydrogens (tertiary/aromatic N) is 3. The van der Waals surface area contributed by atoms with Crippen molar-refractivity contribution in [3.63, 3.8) is 0 Å². The zero-order valence-corrected chi connectivity index (χ0v) is 18.3. The standard InChI is InChI=1S/C22H29ClN4O3/c1-3-13-29-18-6-5-17(15-19(18)30-14-4-2)24-22(28)16-9-11-27(12-10-16)21-8-7-20(23)25-26-21/h5-8,15-16H,3-4,9-14H2,1-2H3,(H,24,28). The first-order chi connectivity index (χ1) is 14.6. The van der Waals surface area contributed by atoms with Crippen LogP contribution in [0.4, 0.5) is 11.5 Å². The van der Waals surface area contributed by atoms with Crippen LogP contribution in [0.3, 0.4) is 0 Å². The number of aromatic nitrogens is 2. The number of anilines is 2. The minimum atomic E-state index is -0.0439. The molecule has 7 nitrogen and oxygen atoms in total. The van der Waals surface area contributed by atoms with Gasteiger partial charge in [0.15, 0.2) is 22.5 Å². The molecule has 0 spiro atoms. The summed E-state index contributed by atoms with van der Waals surface area (Å²) in [5.74, 6) is 2.15. The molecule has 0 saturated carbocycles. The predicted molar refractivity (Wildman–Crippen MR) is 119 cm³/mol. The van der Waals surface area contributed by atoms with E-state index in [9.17, 15) is 4.79 Å². The Morgan fingerprint density at radius 3 is 2.40 bits per heavy atom. The summed E-state index contributed by atoms with van der Waals surface area (Å²) >= 11 is 5.80. The summed E-state index contributed by atoms with van der Waals surface area (Å²) in [4.78, 5) is 14.9. The lowest BCUT2D eigenvalue weighted by Gasteiger charge is -2.31. The van der Waals surface area contributed by atoms with E-state index in [1.165, 1.54) is 0 Å². The molecule has 0 aliphatic carbocycles. The average Bonchev–Trinajstić information content (AvgIpc) is 2.77. The van der Waals surface area contributed by atoms with Crippen molar-refractivity contribution in [1.29, 1.82) is 0 Å². The van der Waals surface area contributed by atoms with E-state index < -0.39 is 0 Å². The number of ether oxygens (including phenoxy) is 2. The summed E-state index contributed by atoms with van der Waals surface area (Å²) < 4.78 is 11.6. The Morgan fingerprint density at radius 2 is 1.77 bits per heavy atom. The van der Waals surface area contributed by atoms with Gasteiger partial charge in [0.1, 0.15) is 0 Å². The SMILES string of the molecule is CCCOc1ccc(NC(=O)C2CCN(c3ccc(Cl)nn3)CC2)cc1OCCC. The van der Waals surface area contributed by atoms with Gasteiger partial charge < -0.3 is 19.7 Å². The number of piperidine rings is 1. The fourth-order valence-corrected chi connectivity index (χ4v) is 3.44. The molecule has 1 aromatic carbocycles. The van der Waals surface area contributed by atoms with Crippen molar-refractivity contribution < 1.29 is 14.3 Å². The molecule has 1 amide bonds. The third kappa shape index (κ3) is 5.98. The van der Waals surface area contributed by atoms with Crippen LogP contribution >= 0.6 is 11.6 Å². The van der Waals surface area contributed by atoms with Crippen LogP contribution in [0.2, 0.25) is 5.15 Å². The van der Waals surface area contributed by atoms with Crippen LogP contribution < -0.4 is 19.7 Å². The minimum Gasteiger partial charge on any atom is -0.490 e. The second kappa shape index (κ2) is 11.0. The van der Waals surface area contributed by atoms with Gasteiger partial charge in [0, 0.05) is 30.8 Å². The maximum atomic E-state index is 12.8. The predicted octanol–water partition coefficient (Wildman–Crippen LogP) is 4.56. The Morgan fingerprint density at radius 1 is 1.07 bits per heavy atom. The van der Waals surface area contributed by atoms with Crippen LogP contribution in [0.15, 0.2) is 30.3 Å². The van der Waals surface area contributed by atoms with Gasteiger partial charge in [-0.15, -0.1) is 10.2 Å². The number of nitrogens with one attached hydrogen (secondary N) is 1.